The van der Waals surface area contributed by atoms with E-state index in [1.165, 1.54) is 6.07 Å². The van der Waals surface area contributed by atoms with Crippen molar-refractivity contribution in [1.82, 2.24) is 0 Å². The fourth-order valence-corrected chi connectivity index (χ4v) is 1.86. The van der Waals surface area contributed by atoms with Crippen molar-refractivity contribution in [3.8, 4) is 0 Å². The van der Waals surface area contributed by atoms with Crippen molar-refractivity contribution in [1.29, 1.82) is 0 Å². The third-order valence-corrected chi connectivity index (χ3v) is 3.01. The van der Waals surface area contributed by atoms with Crippen LogP contribution < -0.4 is 0 Å². The fraction of sp³-hybridized carbons (Fsp3) is 0.222. The number of carboxylic acids is 1. The minimum atomic E-state index is -1.14. The van der Waals surface area contributed by atoms with Gasteiger partial charge in [-0.25, -0.2) is 17.6 Å². The molecule has 4 nitrogen and oxygen atoms in total. The van der Waals surface area contributed by atoms with Gasteiger partial charge in [0.15, 0.2) is 0 Å². The molecule has 0 aliphatic heterocycles. The van der Waals surface area contributed by atoms with Gasteiger partial charge in [-0.05, 0) is 30.2 Å². The van der Waals surface area contributed by atoms with Crippen LogP contribution >= 0.6 is 0 Å². The zero-order chi connectivity index (χ0) is 19.7. The molecule has 0 saturated heterocycles. The van der Waals surface area contributed by atoms with Crippen LogP contribution in [0.25, 0.3) is 0 Å². The first kappa shape index (κ1) is 21.1. The first-order valence-corrected chi connectivity index (χ1v) is 7.48. The van der Waals surface area contributed by atoms with E-state index in [-0.39, 0.29) is 24.2 Å². The Morgan fingerprint density at radius 3 is 1.73 bits per heavy atom. The molecule has 0 atom stereocenters. The summed E-state index contributed by atoms with van der Waals surface area (Å²) in [5.41, 5.74) is 0.133. The summed E-state index contributed by atoms with van der Waals surface area (Å²) >= 11 is 0. The monoisotopic (exact) mass is 372 g/mol. The van der Waals surface area contributed by atoms with E-state index >= 15 is 0 Å². The van der Waals surface area contributed by atoms with Crippen LogP contribution in [0.5, 0.6) is 0 Å². The number of halogens is 4. The Morgan fingerprint density at radius 2 is 1.35 bits per heavy atom. The molecule has 0 aliphatic carbocycles. The molecule has 8 heteroatoms. The summed E-state index contributed by atoms with van der Waals surface area (Å²) in [4.78, 5) is 21.1. The molecule has 2 aromatic rings. The number of hydrogen-bond donors (Lipinski definition) is 1. The van der Waals surface area contributed by atoms with Crippen LogP contribution in [0.4, 0.5) is 17.6 Å². The van der Waals surface area contributed by atoms with Crippen LogP contribution in [0.1, 0.15) is 18.1 Å². The minimum Gasteiger partial charge on any atom is -0.481 e. The van der Waals surface area contributed by atoms with Gasteiger partial charge in [-0.15, -0.1) is 0 Å². The van der Waals surface area contributed by atoms with Crippen molar-refractivity contribution in [3.05, 3.63) is 70.8 Å². The number of carbonyl (C=O) groups excluding carboxylic acids is 1. The molecular formula is C18H16F4O4. The van der Waals surface area contributed by atoms with E-state index in [0.29, 0.717) is 6.07 Å². The van der Waals surface area contributed by atoms with Gasteiger partial charge in [0.05, 0.1) is 19.4 Å². The number of ether oxygens (including phenoxy) is 1. The number of aliphatic carboxylic acids is 1. The molecule has 0 fully saturated rings. The highest BCUT2D eigenvalue weighted by molar-refractivity contribution is 5.72. The van der Waals surface area contributed by atoms with E-state index in [4.69, 9.17) is 5.11 Å². The Balaban J connectivity index is 0.000000263. The molecule has 2 rings (SSSR count). The molecule has 0 saturated carbocycles. The van der Waals surface area contributed by atoms with Crippen LogP contribution in [0.3, 0.4) is 0 Å². The molecule has 0 spiro atoms. The first-order chi connectivity index (χ1) is 12.2. The zero-order valence-electron chi connectivity index (χ0n) is 13.8. The molecule has 0 unspecified atom stereocenters. The Kier molecular flexibility index (Phi) is 8.27. The smallest absolute Gasteiger partial charge is 0.310 e. The van der Waals surface area contributed by atoms with Crippen molar-refractivity contribution >= 4 is 11.9 Å². The molecule has 26 heavy (non-hydrogen) atoms. The highest BCUT2D eigenvalue weighted by atomic mass is 19.1. The van der Waals surface area contributed by atoms with Crippen molar-refractivity contribution < 1.29 is 37.0 Å². The zero-order valence-corrected chi connectivity index (χ0v) is 13.8. The normalized spacial score (nSPS) is 9.88. The van der Waals surface area contributed by atoms with Gasteiger partial charge >= 0.3 is 11.9 Å². The van der Waals surface area contributed by atoms with Gasteiger partial charge in [-0.3, -0.25) is 9.59 Å². The van der Waals surface area contributed by atoms with Gasteiger partial charge in [0.2, 0.25) is 0 Å². The fourth-order valence-electron chi connectivity index (χ4n) is 1.86. The maximum atomic E-state index is 13.0. The Morgan fingerprint density at radius 1 is 0.885 bits per heavy atom. The average molecular weight is 372 g/mol. The third kappa shape index (κ3) is 7.33. The lowest BCUT2D eigenvalue weighted by Gasteiger charge is -2.02. The molecule has 0 radical (unpaired) electrons. The van der Waals surface area contributed by atoms with E-state index in [9.17, 15) is 27.2 Å². The molecule has 0 bridgehead atoms. The number of esters is 1. The van der Waals surface area contributed by atoms with Crippen LogP contribution in [-0.4, -0.2) is 23.7 Å². The van der Waals surface area contributed by atoms with Gasteiger partial charge in [-0.1, -0.05) is 12.1 Å². The molecular weight excluding hydrogens is 356 g/mol. The predicted octanol–water partition coefficient (Wildman–Crippen LogP) is 3.66. The quantitative estimate of drug-likeness (QED) is 0.643. The maximum absolute atomic E-state index is 13.0. The number of hydrogen-bond acceptors (Lipinski definition) is 3. The predicted molar refractivity (Wildman–Crippen MR) is 84.4 cm³/mol. The summed E-state index contributed by atoms with van der Waals surface area (Å²) in [5.74, 6) is -4.56. The van der Waals surface area contributed by atoms with Crippen molar-refractivity contribution in [2.24, 2.45) is 0 Å². The molecule has 2 aromatic carbocycles. The van der Waals surface area contributed by atoms with Crippen LogP contribution in [-0.2, 0) is 27.2 Å². The van der Waals surface area contributed by atoms with E-state index in [2.05, 4.69) is 4.74 Å². The lowest BCUT2D eigenvalue weighted by molar-refractivity contribution is -0.142. The summed E-state index contributed by atoms with van der Waals surface area (Å²) in [6.07, 6.45) is -0.591. The molecule has 0 aromatic heterocycles. The van der Waals surface area contributed by atoms with Gasteiger partial charge in [0.25, 0.3) is 0 Å². The Hall–Kier alpha value is -2.90. The van der Waals surface area contributed by atoms with E-state index in [1.54, 1.807) is 6.92 Å². The molecule has 0 heterocycles. The van der Waals surface area contributed by atoms with Crippen molar-refractivity contribution in [3.63, 3.8) is 0 Å². The Labute approximate surface area is 147 Å². The molecule has 1 N–H and O–H groups in total. The largest absolute Gasteiger partial charge is 0.481 e. The lowest BCUT2D eigenvalue weighted by Crippen LogP contribution is -2.08. The van der Waals surface area contributed by atoms with Gasteiger partial charge < -0.3 is 9.84 Å². The summed E-state index contributed by atoms with van der Waals surface area (Å²) < 4.78 is 55.1. The number of rotatable bonds is 5. The third-order valence-electron chi connectivity index (χ3n) is 3.01. The lowest BCUT2D eigenvalue weighted by atomic mass is 10.1. The SMILES string of the molecule is CCOC(=O)Cc1ccc(F)cc1F.O=C(O)Cc1ccc(F)cc1F. The highest BCUT2D eigenvalue weighted by Crippen LogP contribution is 2.11. The second kappa shape index (κ2) is 10.2. The summed E-state index contributed by atoms with van der Waals surface area (Å²) in [5, 5.41) is 8.30. The van der Waals surface area contributed by atoms with Gasteiger partial charge in [0.1, 0.15) is 23.3 Å². The Bertz CT molecular complexity index is 778. The van der Waals surface area contributed by atoms with Gasteiger partial charge in [-0.2, -0.15) is 0 Å². The van der Waals surface area contributed by atoms with Crippen LogP contribution in [0, 0.1) is 23.3 Å². The van der Waals surface area contributed by atoms with Gasteiger partial charge in [0, 0.05) is 12.1 Å². The summed E-state index contributed by atoms with van der Waals surface area (Å²) in [7, 11) is 0. The second-order valence-corrected chi connectivity index (χ2v) is 5.02. The van der Waals surface area contributed by atoms with E-state index in [0.717, 1.165) is 24.3 Å². The van der Waals surface area contributed by atoms with Crippen molar-refractivity contribution in [2.75, 3.05) is 6.61 Å². The summed E-state index contributed by atoms with van der Waals surface area (Å²) in [6, 6.07) is 5.91. The highest BCUT2D eigenvalue weighted by Gasteiger charge is 2.09. The topological polar surface area (TPSA) is 63.6 Å². The van der Waals surface area contributed by atoms with E-state index in [1.807, 2.05) is 0 Å². The van der Waals surface area contributed by atoms with Crippen LogP contribution in [0.2, 0.25) is 0 Å². The average Bonchev–Trinajstić information content (AvgIpc) is 2.53. The van der Waals surface area contributed by atoms with E-state index < -0.39 is 41.6 Å². The minimum absolute atomic E-state index is 0.0103. The number of carboxylic acid groups (broad SMARTS) is 1. The number of benzene rings is 2. The maximum Gasteiger partial charge on any atom is 0.310 e. The molecule has 0 aliphatic rings. The van der Waals surface area contributed by atoms with Crippen molar-refractivity contribution in [2.45, 2.75) is 19.8 Å². The first-order valence-electron chi connectivity index (χ1n) is 7.48. The molecule has 0 amide bonds. The summed E-state index contributed by atoms with van der Waals surface area (Å²) in [6.45, 7) is 1.92. The molecule has 140 valence electrons. The van der Waals surface area contributed by atoms with Crippen LogP contribution in [0.15, 0.2) is 36.4 Å². The second-order valence-electron chi connectivity index (χ2n) is 5.02. The standard InChI is InChI=1S/C10H10F2O2.C8H6F2O2/c1-2-14-10(13)5-7-3-4-8(11)6-9(7)12;9-6-2-1-5(3-8(11)12)7(10)4-6/h3-4,6H,2,5H2,1H3;1-2,4H,3H2,(H,11,12). The number of carbonyl (C=O) groups is 2.